The van der Waals surface area contributed by atoms with E-state index in [0.29, 0.717) is 16.1 Å². The predicted octanol–water partition coefficient (Wildman–Crippen LogP) is 6.86. The lowest BCUT2D eigenvalue weighted by Crippen LogP contribution is -2.31. The molecule has 0 saturated heterocycles. The van der Waals surface area contributed by atoms with Gasteiger partial charge in [0, 0.05) is 24.1 Å². The van der Waals surface area contributed by atoms with Crippen LogP contribution in [0.3, 0.4) is 0 Å². The number of ether oxygens (including phenoxy) is 2. The van der Waals surface area contributed by atoms with E-state index in [4.69, 9.17) is 25.5 Å². The molecule has 8 nitrogen and oxygen atoms in total. The lowest BCUT2D eigenvalue weighted by atomic mass is 10.1. The molecule has 2 heterocycles. The van der Waals surface area contributed by atoms with Crippen LogP contribution in [0, 0.1) is 13.8 Å². The number of benzene rings is 3. The van der Waals surface area contributed by atoms with Crippen molar-refractivity contribution in [1.82, 2.24) is 4.90 Å². The molecule has 0 aliphatic carbocycles. The molecule has 1 aliphatic heterocycles. The molecule has 216 valence electrons. The van der Waals surface area contributed by atoms with Crippen molar-refractivity contribution in [3.63, 3.8) is 0 Å². The Kier molecular flexibility index (Phi) is 7.55. The van der Waals surface area contributed by atoms with Crippen molar-refractivity contribution in [2.45, 2.75) is 32.9 Å². The maximum absolute atomic E-state index is 13.9. The molecule has 42 heavy (non-hydrogen) atoms. The van der Waals surface area contributed by atoms with Crippen molar-refractivity contribution in [2.75, 3.05) is 6.54 Å². The van der Waals surface area contributed by atoms with Crippen molar-refractivity contribution >= 4 is 40.4 Å². The van der Waals surface area contributed by atoms with Gasteiger partial charge in [-0.15, -0.1) is 0 Å². The zero-order chi connectivity index (χ0) is 30.3. The Labute approximate surface area is 241 Å². The summed E-state index contributed by atoms with van der Waals surface area (Å²) in [6, 6.07) is 12.6. The summed E-state index contributed by atoms with van der Waals surface area (Å²) in [6.45, 7) is 3.25. The Morgan fingerprint density at radius 3 is 2.14 bits per heavy atom. The molecule has 3 aromatic carbocycles. The highest BCUT2D eigenvalue weighted by molar-refractivity contribution is 6.32. The minimum atomic E-state index is -5.09. The molecule has 1 aromatic heterocycles. The van der Waals surface area contributed by atoms with Gasteiger partial charge in [0.2, 0.25) is 11.2 Å². The Morgan fingerprint density at radius 2 is 1.55 bits per heavy atom. The fourth-order valence-corrected chi connectivity index (χ4v) is 4.70. The lowest BCUT2D eigenvalue weighted by molar-refractivity contribution is -0.154. The van der Waals surface area contributed by atoms with Crippen molar-refractivity contribution in [2.24, 2.45) is 0 Å². The highest BCUT2D eigenvalue weighted by Crippen LogP contribution is 2.39. The number of carbonyl (C=O) groups excluding carboxylic acids is 3. The fraction of sp³-hybridized carbons (Fsp3) is 0.200. The number of halogens is 4. The monoisotopic (exact) mass is 599 g/mol. The van der Waals surface area contributed by atoms with Crippen LogP contribution in [0.1, 0.15) is 50.4 Å². The first-order valence-electron chi connectivity index (χ1n) is 12.6. The minimum Gasteiger partial charge on any atom is -0.449 e. The smallest absolute Gasteiger partial charge is 0.449 e. The second kappa shape index (κ2) is 11.0. The van der Waals surface area contributed by atoms with Gasteiger partial charge in [0.1, 0.15) is 17.1 Å². The summed E-state index contributed by atoms with van der Waals surface area (Å²) in [5, 5.41) is 0.181. The van der Waals surface area contributed by atoms with Gasteiger partial charge in [-0.25, -0.2) is 0 Å². The van der Waals surface area contributed by atoms with Crippen molar-refractivity contribution in [3.8, 4) is 17.2 Å². The minimum absolute atomic E-state index is 0.0293. The second-order valence-electron chi connectivity index (χ2n) is 9.60. The number of imide groups is 1. The summed E-state index contributed by atoms with van der Waals surface area (Å²) < 4.78 is 57.5. The largest absolute Gasteiger partial charge is 0.453 e. The molecular weight excluding hydrogens is 579 g/mol. The van der Waals surface area contributed by atoms with Gasteiger partial charge in [-0.2, -0.15) is 13.2 Å². The van der Waals surface area contributed by atoms with E-state index < -0.39 is 46.5 Å². The fourth-order valence-electron chi connectivity index (χ4n) is 4.59. The SMILES string of the molecule is Cc1cc(Oc2c(C(F)(F)F)oc3cc(OC(=O)CCCN4C(=O)c5ccccc5C4=O)ccc3c2=O)cc(C)c1Cl. The summed E-state index contributed by atoms with van der Waals surface area (Å²) in [7, 11) is 0. The third-order valence-corrected chi connectivity index (χ3v) is 7.18. The number of amides is 2. The second-order valence-corrected chi connectivity index (χ2v) is 9.98. The summed E-state index contributed by atoms with van der Waals surface area (Å²) in [6.07, 6.45) is -5.19. The average molecular weight is 600 g/mol. The molecule has 0 spiro atoms. The molecule has 12 heteroatoms. The first kappa shape index (κ1) is 28.9. The van der Waals surface area contributed by atoms with Gasteiger partial charge in [-0.1, -0.05) is 23.7 Å². The van der Waals surface area contributed by atoms with E-state index in [2.05, 4.69) is 0 Å². The quantitative estimate of drug-likeness (QED) is 0.130. The van der Waals surface area contributed by atoms with E-state index in [1.165, 1.54) is 18.2 Å². The number of aryl methyl sites for hydroxylation is 2. The van der Waals surface area contributed by atoms with Crippen LogP contribution < -0.4 is 14.9 Å². The Balaban J connectivity index is 1.33. The van der Waals surface area contributed by atoms with E-state index in [-0.39, 0.29) is 47.4 Å². The summed E-state index contributed by atoms with van der Waals surface area (Å²) >= 11 is 6.12. The molecule has 2 amide bonds. The Hall–Kier alpha value is -4.64. The van der Waals surface area contributed by atoms with Gasteiger partial charge >= 0.3 is 12.1 Å². The van der Waals surface area contributed by atoms with Crippen LogP contribution in [-0.4, -0.2) is 29.2 Å². The molecule has 4 aromatic rings. The molecule has 0 radical (unpaired) electrons. The summed E-state index contributed by atoms with van der Waals surface area (Å²) in [4.78, 5) is 51.5. The van der Waals surface area contributed by atoms with E-state index >= 15 is 0 Å². The number of esters is 1. The van der Waals surface area contributed by atoms with Crippen molar-refractivity contribution in [1.29, 1.82) is 0 Å². The van der Waals surface area contributed by atoms with E-state index in [1.54, 1.807) is 38.1 Å². The maximum atomic E-state index is 13.9. The van der Waals surface area contributed by atoms with Gasteiger partial charge in [0.05, 0.1) is 16.5 Å². The number of rotatable bonds is 7. The van der Waals surface area contributed by atoms with Crippen molar-refractivity contribution in [3.05, 3.63) is 97.9 Å². The van der Waals surface area contributed by atoms with E-state index in [0.717, 1.165) is 17.0 Å². The van der Waals surface area contributed by atoms with Crippen LogP contribution in [0.5, 0.6) is 17.2 Å². The number of nitrogens with zero attached hydrogens (tertiary/aromatic N) is 1. The normalized spacial score (nSPS) is 13.0. The number of fused-ring (bicyclic) bond motifs is 2. The molecule has 0 N–H and O–H groups in total. The van der Waals surface area contributed by atoms with Gasteiger partial charge in [0.15, 0.2) is 0 Å². The first-order chi connectivity index (χ1) is 19.8. The maximum Gasteiger partial charge on any atom is 0.453 e. The number of hydrogen-bond acceptors (Lipinski definition) is 7. The highest BCUT2D eigenvalue weighted by Gasteiger charge is 2.41. The summed E-state index contributed by atoms with van der Waals surface area (Å²) in [5.41, 5.74) is 0.106. The zero-order valence-electron chi connectivity index (χ0n) is 22.1. The molecule has 0 atom stereocenters. The average Bonchev–Trinajstić information content (AvgIpc) is 3.17. The summed E-state index contributed by atoms with van der Waals surface area (Å²) in [5.74, 6) is -4.58. The standard InChI is InChI=1S/C30H21ClF3NO7/c1-15-12-18(13-16(2)24(15)31)41-26-25(37)21-10-9-17(14-22(21)42-27(26)30(32,33)34)40-23(36)8-5-11-35-28(38)19-6-3-4-7-20(19)29(35)39/h3-4,6-7,9-10,12-14H,5,8,11H2,1-2H3. The molecular formula is C30H21ClF3NO7. The van der Waals surface area contributed by atoms with Crippen LogP contribution in [0.15, 0.2) is 63.8 Å². The Bertz CT molecular complexity index is 1770. The molecule has 0 saturated carbocycles. The van der Waals surface area contributed by atoms with E-state index in [9.17, 15) is 32.3 Å². The zero-order valence-corrected chi connectivity index (χ0v) is 22.9. The molecule has 5 rings (SSSR count). The van der Waals surface area contributed by atoms with Gasteiger partial charge in [-0.3, -0.25) is 24.1 Å². The van der Waals surface area contributed by atoms with Gasteiger partial charge in [0.25, 0.3) is 17.6 Å². The van der Waals surface area contributed by atoms with Crippen LogP contribution in [0.2, 0.25) is 5.02 Å². The molecule has 0 fully saturated rings. The number of carbonyl (C=O) groups is 3. The van der Waals surface area contributed by atoms with Gasteiger partial charge < -0.3 is 13.9 Å². The first-order valence-corrected chi connectivity index (χ1v) is 13.0. The topological polar surface area (TPSA) is 103 Å². The van der Waals surface area contributed by atoms with Crippen LogP contribution in [-0.2, 0) is 11.0 Å². The molecule has 1 aliphatic rings. The number of hydrogen-bond donors (Lipinski definition) is 0. The predicted molar refractivity (Wildman–Crippen MR) is 145 cm³/mol. The third-order valence-electron chi connectivity index (χ3n) is 6.58. The molecule has 0 bridgehead atoms. The highest BCUT2D eigenvalue weighted by atomic mass is 35.5. The van der Waals surface area contributed by atoms with E-state index in [1.807, 2.05) is 0 Å². The van der Waals surface area contributed by atoms with Crippen molar-refractivity contribution < 1.29 is 41.4 Å². The van der Waals surface area contributed by atoms with Crippen LogP contribution in [0.4, 0.5) is 13.2 Å². The Morgan fingerprint density at radius 1 is 0.929 bits per heavy atom. The number of alkyl halides is 3. The van der Waals surface area contributed by atoms with Crippen LogP contribution in [0.25, 0.3) is 11.0 Å². The van der Waals surface area contributed by atoms with Crippen LogP contribution >= 0.6 is 11.6 Å². The van der Waals surface area contributed by atoms with Gasteiger partial charge in [-0.05, 0) is 67.8 Å². The lowest BCUT2D eigenvalue weighted by Gasteiger charge is -2.15. The third kappa shape index (κ3) is 5.47. The molecule has 0 unspecified atom stereocenters.